The molecule has 0 unspecified atom stereocenters. The summed E-state index contributed by atoms with van der Waals surface area (Å²) in [6.07, 6.45) is 0. The van der Waals surface area contributed by atoms with E-state index in [4.69, 9.17) is 4.74 Å². The number of rotatable bonds is 5. The highest BCUT2D eigenvalue weighted by molar-refractivity contribution is 7.12. The Bertz CT molecular complexity index is 693. The third-order valence-electron chi connectivity index (χ3n) is 2.58. The summed E-state index contributed by atoms with van der Waals surface area (Å²) in [6.45, 7) is 1.84. The highest BCUT2D eigenvalue weighted by atomic mass is 32.1. The molecule has 1 aromatic heterocycles. The SMILES string of the molecule is CCOC(=O)c1ncsc1C(=O)c1ccc([N+](=O)[O-])cc1. The molecule has 0 atom stereocenters. The van der Waals surface area contributed by atoms with E-state index in [1.807, 2.05) is 0 Å². The summed E-state index contributed by atoms with van der Waals surface area (Å²) in [5.41, 5.74) is 1.48. The van der Waals surface area contributed by atoms with Crippen molar-refractivity contribution in [2.24, 2.45) is 0 Å². The van der Waals surface area contributed by atoms with Crippen LogP contribution in [0.4, 0.5) is 5.69 Å². The molecule has 8 heteroatoms. The number of non-ortho nitro benzene ring substituents is 1. The van der Waals surface area contributed by atoms with Crippen molar-refractivity contribution in [1.82, 2.24) is 4.98 Å². The number of nitrogens with zero attached hydrogens (tertiary/aromatic N) is 2. The van der Waals surface area contributed by atoms with Crippen molar-refractivity contribution in [2.45, 2.75) is 6.92 Å². The number of esters is 1. The van der Waals surface area contributed by atoms with Crippen LogP contribution in [0.25, 0.3) is 0 Å². The van der Waals surface area contributed by atoms with Gasteiger partial charge in [0, 0.05) is 17.7 Å². The zero-order valence-electron chi connectivity index (χ0n) is 10.9. The number of thiazole rings is 1. The lowest BCUT2D eigenvalue weighted by atomic mass is 10.1. The first-order valence-electron chi connectivity index (χ1n) is 5.94. The lowest BCUT2D eigenvalue weighted by Gasteiger charge is -2.02. The van der Waals surface area contributed by atoms with Gasteiger partial charge in [0.2, 0.25) is 5.78 Å². The number of hydrogen-bond acceptors (Lipinski definition) is 7. The van der Waals surface area contributed by atoms with Gasteiger partial charge in [0.25, 0.3) is 5.69 Å². The fraction of sp³-hybridized carbons (Fsp3) is 0.154. The number of aromatic nitrogens is 1. The van der Waals surface area contributed by atoms with Gasteiger partial charge in [-0.3, -0.25) is 14.9 Å². The number of carbonyl (C=O) groups is 2. The van der Waals surface area contributed by atoms with Crippen LogP contribution >= 0.6 is 11.3 Å². The molecule has 0 saturated carbocycles. The van der Waals surface area contributed by atoms with Crippen molar-refractivity contribution >= 4 is 28.8 Å². The van der Waals surface area contributed by atoms with E-state index in [1.54, 1.807) is 6.92 Å². The predicted molar refractivity (Wildman–Crippen MR) is 74.6 cm³/mol. The number of nitro groups is 1. The lowest BCUT2D eigenvalue weighted by Crippen LogP contribution is -2.11. The summed E-state index contributed by atoms with van der Waals surface area (Å²) in [6, 6.07) is 5.15. The molecule has 21 heavy (non-hydrogen) atoms. The fourth-order valence-electron chi connectivity index (χ4n) is 1.62. The quantitative estimate of drug-likeness (QED) is 0.364. The summed E-state index contributed by atoms with van der Waals surface area (Å²) < 4.78 is 4.83. The van der Waals surface area contributed by atoms with E-state index in [0.29, 0.717) is 0 Å². The van der Waals surface area contributed by atoms with Crippen molar-refractivity contribution in [2.75, 3.05) is 6.61 Å². The molecule has 1 heterocycles. The van der Waals surface area contributed by atoms with E-state index in [0.717, 1.165) is 11.3 Å². The van der Waals surface area contributed by atoms with Crippen LogP contribution in [0.5, 0.6) is 0 Å². The Hall–Kier alpha value is -2.61. The number of nitro benzene ring substituents is 1. The standard InChI is InChI=1S/C13H10N2O5S/c1-2-20-13(17)10-12(21-7-14-10)11(16)8-3-5-9(6-4-8)15(18)19/h3-7H,2H2,1H3. The minimum absolute atomic E-state index is 0.0368. The molecule has 0 spiro atoms. The molecule has 2 aromatic rings. The van der Waals surface area contributed by atoms with Crippen LogP contribution in [0.15, 0.2) is 29.8 Å². The lowest BCUT2D eigenvalue weighted by molar-refractivity contribution is -0.384. The van der Waals surface area contributed by atoms with Crippen LogP contribution < -0.4 is 0 Å². The molecule has 0 aliphatic carbocycles. The molecule has 0 saturated heterocycles. The fourth-order valence-corrected chi connectivity index (χ4v) is 2.35. The van der Waals surface area contributed by atoms with E-state index in [9.17, 15) is 19.7 Å². The van der Waals surface area contributed by atoms with Crippen LogP contribution in [-0.2, 0) is 4.74 Å². The Morgan fingerprint density at radius 3 is 2.57 bits per heavy atom. The van der Waals surface area contributed by atoms with Crippen LogP contribution in [-0.4, -0.2) is 28.3 Å². The Labute approximate surface area is 123 Å². The highest BCUT2D eigenvalue weighted by Crippen LogP contribution is 2.21. The second-order valence-corrected chi connectivity index (χ2v) is 4.74. The molecule has 2 rings (SSSR count). The average Bonchev–Trinajstić information content (AvgIpc) is 2.96. The summed E-state index contributed by atoms with van der Waals surface area (Å²) in [5.74, 6) is -1.08. The molecule has 0 radical (unpaired) electrons. The smallest absolute Gasteiger partial charge is 0.358 e. The van der Waals surface area contributed by atoms with Crippen molar-refractivity contribution in [1.29, 1.82) is 0 Å². The third kappa shape index (κ3) is 3.11. The van der Waals surface area contributed by atoms with Crippen molar-refractivity contribution < 1.29 is 19.2 Å². The molecule has 0 N–H and O–H groups in total. The van der Waals surface area contributed by atoms with Gasteiger partial charge in [-0.15, -0.1) is 11.3 Å². The Morgan fingerprint density at radius 2 is 2.00 bits per heavy atom. The van der Waals surface area contributed by atoms with Crippen molar-refractivity contribution in [3.05, 3.63) is 56.0 Å². The normalized spacial score (nSPS) is 10.1. The molecule has 7 nitrogen and oxygen atoms in total. The van der Waals surface area contributed by atoms with E-state index in [2.05, 4.69) is 4.98 Å². The van der Waals surface area contributed by atoms with Gasteiger partial charge in [0.05, 0.1) is 17.0 Å². The molecule has 0 fully saturated rings. The van der Waals surface area contributed by atoms with Gasteiger partial charge >= 0.3 is 5.97 Å². The first kappa shape index (κ1) is 14.8. The average molecular weight is 306 g/mol. The maximum absolute atomic E-state index is 12.3. The molecule has 0 aliphatic rings. The topological polar surface area (TPSA) is 99.4 Å². The first-order chi connectivity index (χ1) is 10.0. The minimum atomic E-state index is -0.663. The molecule has 0 bridgehead atoms. The van der Waals surface area contributed by atoms with Crippen molar-refractivity contribution in [3.8, 4) is 0 Å². The van der Waals surface area contributed by atoms with E-state index < -0.39 is 16.7 Å². The highest BCUT2D eigenvalue weighted by Gasteiger charge is 2.23. The second kappa shape index (κ2) is 6.23. The van der Waals surface area contributed by atoms with E-state index in [1.165, 1.54) is 29.8 Å². The van der Waals surface area contributed by atoms with Gasteiger partial charge in [-0.2, -0.15) is 0 Å². The summed E-state index contributed by atoms with van der Waals surface area (Å²) in [5, 5.41) is 10.6. The number of carbonyl (C=O) groups excluding carboxylic acids is 2. The Balaban J connectivity index is 2.30. The van der Waals surface area contributed by atoms with Gasteiger partial charge in [-0.1, -0.05) is 0 Å². The molecule has 0 aliphatic heterocycles. The van der Waals surface area contributed by atoms with Gasteiger partial charge in [-0.05, 0) is 19.1 Å². The van der Waals surface area contributed by atoms with E-state index >= 15 is 0 Å². The molecule has 0 amide bonds. The summed E-state index contributed by atoms with van der Waals surface area (Å²) >= 11 is 1.02. The zero-order chi connectivity index (χ0) is 15.4. The van der Waals surface area contributed by atoms with Crippen LogP contribution in [0.1, 0.15) is 32.6 Å². The Kier molecular flexibility index (Phi) is 4.39. The molecular weight excluding hydrogens is 296 g/mol. The van der Waals surface area contributed by atoms with Gasteiger partial charge in [0.1, 0.15) is 4.88 Å². The summed E-state index contributed by atoms with van der Waals surface area (Å²) in [4.78, 5) is 38.0. The van der Waals surface area contributed by atoms with Gasteiger partial charge in [-0.25, -0.2) is 9.78 Å². The number of ketones is 1. The van der Waals surface area contributed by atoms with Crippen molar-refractivity contribution in [3.63, 3.8) is 0 Å². The number of ether oxygens (including phenoxy) is 1. The van der Waals surface area contributed by atoms with Crippen LogP contribution in [0.2, 0.25) is 0 Å². The van der Waals surface area contributed by atoms with Crippen LogP contribution in [0.3, 0.4) is 0 Å². The predicted octanol–water partition coefficient (Wildman–Crippen LogP) is 2.46. The van der Waals surface area contributed by atoms with Crippen LogP contribution in [0, 0.1) is 10.1 Å². The zero-order valence-corrected chi connectivity index (χ0v) is 11.8. The van der Waals surface area contributed by atoms with E-state index in [-0.39, 0.29) is 28.4 Å². The Morgan fingerprint density at radius 1 is 1.33 bits per heavy atom. The monoisotopic (exact) mass is 306 g/mol. The number of benzene rings is 1. The minimum Gasteiger partial charge on any atom is -0.461 e. The number of hydrogen-bond donors (Lipinski definition) is 0. The molecular formula is C13H10N2O5S. The van der Waals surface area contributed by atoms with Gasteiger partial charge < -0.3 is 4.74 Å². The molecule has 1 aromatic carbocycles. The second-order valence-electron chi connectivity index (χ2n) is 3.88. The maximum Gasteiger partial charge on any atom is 0.358 e. The molecule has 108 valence electrons. The van der Waals surface area contributed by atoms with Gasteiger partial charge in [0.15, 0.2) is 5.69 Å². The largest absolute Gasteiger partial charge is 0.461 e. The third-order valence-corrected chi connectivity index (χ3v) is 3.41. The first-order valence-corrected chi connectivity index (χ1v) is 6.82. The maximum atomic E-state index is 12.3. The summed E-state index contributed by atoms with van der Waals surface area (Å²) in [7, 11) is 0.